The van der Waals surface area contributed by atoms with Crippen molar-refractivity contribution >= 4 is 17.9 Å². The van der Waals surface area contributed by atoms with Crippen LogP contribution in [0.2, 0.25) is 0 Å². The smallest absolute Gasteiger partial charge is 0.309 e. The van der Waals surface area contributed by atoms with E-state index in [0.717, 1.165) is 32.1 Å². The summed E-state index contributed by atoms with van der Waals surface area (Å²) >= 11 is 0. The lowest BCUT2D eigenvalue weighted by Gasteiger charge is -2.15. The maximum Gasteiger partial charge on any atom is 0.309 e. The summed E-state index contributed by atoms with van der Waals surface area (Å²) < 4.78 is 15.7. The van der Waals surface area contributed by atoms with E-state index >= 15 is 0 Å². The first kappa shape index (κ1) is 30.1. The maximum atomic E-state index is 12.4. The van der Waals surface area contributed by atoms with Crippen molar-refractivity contribution in [2.24, 2.45) is 23.7 Å². The van der Waals surface area contributed by atoms with Gasteiger partial charge in [0.2, 0.25) is 0 Å². The SMILES string of the molecule is CC(C)COC(=O)CCCCCC/C=C/CC(CC(=O)OCC(C)C)C(=O)OCC(C)C. The lowest BCUT2D eigenvalue weighted by atomic mass is 10.0. The Morgan fingerprint density at radius 3 is 1.78 bits per heavy atom. The van der Waals surface area contributed by atoms with Crippen molar-refractivity contribution in [2.45, 2.75) is 92.9 Å². The Balaban J connectivity index is 4.21. The number of carbonyl (C=O) groups is 3. The van der Waals surface area contributed by atoms with Crippen LogP contribution in [0, 0.1) is 23.7 Å². The van der Waals surface area contributed by atoms with E-state index in [1.165, 1.54) is 0 Å². The topological polar surface area (TPSA) is 78.9 Å². The highest BCUT2D eigenvalue weighted by atomic mass is 16.5. The quantitative estimate of drug-likeness (QED) is 0.111. The second kappa shape index (κ2) is 18.7. The molecule has 0 aliphatic carbocycles. The summed E-state index contributed by atoms with van der Waals surface area (Å²) in [5.41, 5.74) is 0. The number of esters is 3. The predicted molar refractivity (Wildman–Crippen MR) is 127 cm³/mol. The van der Waals surface area contributed by atoms with Gasteiger partial charge < -0.3 is 14.2 Å². The van der Waals surface area contributed by atoms with Gasteiger partial charge in [0.15, 0.2) is 0 Å². The molecule has 0 aliphatic heterocycles. The predicted octanol–water partition coefficient (Wildman–Crippen LogP) is 5.88. The first-order chi connectivity index (χ1) is 15.1. The molecule has 0 saturated heterocycles. The summed E-state index contributed by atoms with van der Waals surface area (Å²) in [6.45, 7) is 13.2. The van der Waals surface area contributed by atoms with Crippen LogP contribution in [0.1, 0.15) is 92.9 Å². The summed E-state index contributed by atoms with van der Waals surface area (Å²) in [4.78, 5) is 36.0. The van der Waals surface area contributed by atoms with Crippen molar-refractivity contribution in [1.82, 2.24) is 0 Å². The van der Waals surface area contributed by atoms with Crippen LogP contribution in [0.25, 0.3) is 0 Å². The van der Waals surface area contributed by atoms with Gasteiger partial charge in [-0.25, -0.2) is 0 Å². The Kier molecular flexibility index (Phi) is 17.6. The van der Waals surface area contributed by atoms with Crippen molar-refractivity contribution < 1.29 is 28.6 Å². The van der Waals surface area contributed by atoms with E-state index in [2.05, 4.69) is 6.08 Å². The van der Waals surface area contributed by atoms with Gasteiger partial charge >= 0.3 is 17.9 Å². The third-order valence-electron chi connectivity index (χ3n) is 4.55. The molecule has 0 heterocycles. The fourth-order valence-electron chi connectivity index (χ4n) is 2.74. The number of allylic oxidation sites excluding steroid dienone is 2. The highest BCUT2D eigenvalue weighted by Gasteiger charge is 2.23. The van der Waals surface area contributed by atoms with Crippen LogP contribution in [0.4, 0.5) is 0 Å². The molecular weight excluding hydrogens is 408 g/mol. The molecule has 186 valence electrons. The molecule has 0 spiro atoms. The Morgan fingerprint density at radius 2 is 1.19 bits per heavy atom. The van der Waals surface area contributed by atoms with Crippen molar-refractivity contribution in [3.05, 3.63) is 12.2 Å². The minimum absolute atomic E-state index is 0.0426. The third-order valence-corrected chi connectivity index (χ3v) is 4.55. The van der Waals surface area contributed by atoms with Crippen LogP contribution in [0.3, 0.4) is 0 Å². The lowest BCUT2D eigenvalue weighted by Crippen LogP contribution is -2.24. The second-order valence-electron chi connectivity index (χ2n) is 9.74. The Bertz CT molecular complexity index is 551. The molecule has 1 atom stereocenters. The molecule has 0 aromatic carbocycles. The molecule has 0 bridgehead atoms. The minimum atomic E-state index is -0.512. The summed E-state index contributed by atoms with van der Waals surface area (Å²) in [5, 5.41) is 0. The second-order valence-corrected chi connectivity index (χ2v) is 9.74. The highest BCUT2D eigenvalue weighted by molar-refractivity contribution is 5.80. The van der Waals surface area contributed by atoms with E-state index < -0.39 is 5.92 Å². The maximum absolute atomic E-state index is 12.4. The molecule has 0 aromatic heterocycles. The summed E-state index contributed by atoms with van der Waals surface area (Å²) in [6, 6.07) is 0. The van der Waals surface area contributed by atoms with Gasteiger partial charge in [0.25, 0.3) is 0 Å². The van der Waals surface area contributed by atoms with Crippen molar-refractivity contribution in [3.63, 3.8) is 0 Å². The minimum Gasteiger partial charge on any atom is -0.465 e. The highest BCUT2D eigenvalue weighted by Crippen LogP contribution is 2.15. The molecule has 0 saturated carbocycles. The Morgan fingerprint density at radius 1 is 0.656 bits per heavy atom. The average Bonchev–Trinajstić information content (AvgIpc) is 2.72. The fourth-order valence-corrected chi connectivity index (χ4v) is 2.74. The van der Waals surface area contributed by atoms with Gasteiger partial charge in [-0.2, -0.15) is 0 Å². The summed E-state index contributed by atoms with van der Waals surface area (Å²) in [6.07, 6.45) is 9.83. The number of rotatable bonds is 18. The van der Waals surface area contributed by atoms with Gasteiger partial charge in [-0.15, -0.1) is 0 Å². The molecule has 32 heavy (non-hydrogen) atoms. The molecule has 6 heteroatoms. The monoisotopic (exact) mass is 454 g/mol. The summed E-state index contributed by atoms with van der Waals surface area (Å²) in [7, 11) is 0. The van der Waals surface area contributed by atoms with E-state index in [0.29, 0.717) is 38.6 Å². The molecule has 0 N–H and O–H groups in total. The van der Waals surface area contributed by atoms with Gasteiger partial charge in [-0.3, -0.25) is 14.4 Å². The third kappa shape index (κ3) is 18.9. The molecular formula is C26H46O6. The van der Waals surface area contributed by atoms with Gasteiger partial charge in [-0.1, -0.05) is 66.5 Å². The van der Waals surface area contributed by atoms with Crippen LogP contribution < -0.4 is 0 Å². The zero-order chi connectivity index (χ0) is 24.4. The molecule has 6 nitrogen and oxygen atoms in total. The molecule has 1 unspecified atom stereocenters. The number of hydrogen-bond acceptors (Lipinski definition) is 6. The van der Waals surface area contributed by atoms with Crippen LogP contribution >= 0.6 is 0 Å². The van der Waals surface area contributed by atoms with Crippen LogP contribution in [-0.4, -0.2) is 37.7 Å². The van der Waals surface area contributed by atoms with Crippen molar-refractivity contribution in [3.8, 4) is 0 Å². The fraction of sp³-hybridized carbons (Fsp3) is 0.808. The summed E-state index contributed by atoms with van der Waals surface area (Å²) in [5.74, 6) is -0.439. The normalized spacial score (nSPS) is 12.5. The molecule has 0 aliphatic rings. The molecule has 0 radical (unpaired) electrons. The zero-order valence-corrected chi connectivity index (χ0v) is 21.2. The van der Waals surface area contributed by atoms with Gasteiger partial charge in [0, 0.05) is 6.42 Å². The molecule has 0 rings (SSSR count). The van der Waals surface area contributed by atoms with Crippen molar-refractivity contribution in [2.75, 3.05) is 19.8 Å². The number of hydrogen-bond donors (Lipinski definition) is 0. The van der Waals surface area contributed by atoms with Crippen LogP contribution in [-0.2, 0) is 28.6 Å². The van der Waals surface area contributed by atoms with Gasteiger partial charge in [0.1, 0.15) is 0 Å². The first-order valence-electron chi connectivity index (χ1n) is 12.2. The molecule has 0 fully saturated rings. The Hall–Kier alpha value is -1.85. The van der Waals surface area contributed by atoms with E-state index in [1.54, 1.807) is 0 Å². The number of unbranched alkanes of at least 4 members (excludes halogenated alkanes) is 4. The van der Waals surface area contributed by atoms with Gasteiger partial charge in [0.05, 0.1) is 32.2 Å². The Labute approximate surface area is 195 Å². The molecule has 0 aromatic rings. The van der Waals surface area contributed by atoms with E-state index in [1.807, 2.05) is 47.6 Å². The lowest BCUT2D eigenvalue weighted by molar-refractivity contribution is -0.156. The van der Waals surface area contributed by atoms with E-state index in [-0.39, 0.29) is 36.2 Å². The standard InChI is InChI=1S/C26H46O6/c1-20(2)17-30-24(27)15-13-11-9-7-8-10-12-14-23(26(29)32-19-22(5)6)16-25(28)31-18-21(3)4/h10,12,20-23H,7-9,11,13-19H2,1-6H3/b12-10+. The van der Waals surface area contributed by atoms with Crippen molar-refractivity contribution in [1.29, 1.82) is 0 Å². The van der Waals surface area contributed by atoms with Crippen LogP contribution in [0.5, 0.6) is 0 Å². The zero-order valence-electron chi connectivity index (χ0n) is 21.2. The number of carbonyl (C=O) groups excluding carboxylic acids is 3. The number of ether oxygens (including phenoxy) is 3. The molecule has 0 amide bonds. The van der Waals surface area contributed by atoms with E-state index in [4.69, 9.17) is 14.2 Å². The van der Waals surface area contributed by atoms with Gasteiger partial charge in [-0.05, 0) is 43.4 Å². The first-order valence-corrected chi connectivity index (χ1v) is 12.2. The van der Waals surface area contributed by atoms with Crippen LogP contribution in [0.15, 0.2) is 12.2 Å². The largest absolute Gasteiger partial charge is 0.465 e. The van der Waals surface area contributed by atoms with E-state index in [9.17, 15) is 14.4 Å². The average molecular weight is 455 g/mol.